The summed E-state index contributed by atoms with van der Waals surface area (Å²) < 4.78 is 4.82. The number of carbonyl (C=O) groups excluding carboxylic acids is 2. The maximum absolute atomic E-state index is 12.0. The van der Waals surface area contributed by atoms with E-state index >= 15 is 0 Å². The van der Waals surface area contributed by atoms with E-state index in [9.17, 15) is 9.59 Å². The van der Waals surface area contributed by atoms with Crippen LogP contribution in [0.2, 0.25) is 0 Å². The molecular weight excluding hydrogens is 342 g/mol. The number of aromatic nitrogens is 2. The van der Waals surface area contributed by atoms with E-state index in [1.54, 1.807) is 31.6 Å². The first-order valence-electron chi connectivity index (χ1n) is 8.35. The Morgan fingerprint density at radius 3 is 2.30 bits per heavy atom. The van der Waals surface area contributed by atoms with Crippen LogP contribution >= 0.6 is 0 Å². The minimum absolute atomic E-state index is 0.178. The van der Waals surface area contributed by atoms with E-state index in [0.29, 0.717) is 17.1 Å². The zero-order valence-electron chi connectivity index (χ0n) is 15.3. The quantitative estimate of drug-likeness (QED) is 0.664. The van der Waals surface area contributed by atoms with Crippen molar-refractivity contribution in [2.24, 2.45) is 0 Å². The van der Waals surface area contributed by atoms with E-state index in [-0.39, 0.29) is 5.91 Å². The highest BCUT2D eigenvalue weighted by Crippen LogP contribution is 2.26. The smallest absolute Gasteiger partial charge is 0.338 e. The molecule has 0 atom stereocenters. The van der Waals surface area contributed by atoms with Gasteiger partial charge in [-0.25, -0.2) is 9.78 Å². The molecule has 3 rings (SSSR count). The van der Waals surface area contributed by atoms with Crippen LogP contribution in [0, 0.1) is 0 Å². The maximum atomic E-state index is 12.0. The van der Waals surface area contributed by atoms with Gasteiger partial charge in [0.05, 0.1) is 18.4 Å². The van der Waals surface area contributed by atoms with Gasteiger partial charge in [-0.15, -0.1) is 0 Å². The summed E-state index contributed by atoms with van der Waals surface area (Å²) in [5.41, 5.74) is 3.78. The van der Waals surface area contributed by atoms with Crippen LogP contribution in [-0.2, 0) is 9.53 Å². The topological polar surface area (TPSA) is 72.4 Å². The minimum atomic E-state index is -0.483. The third kappa shape index (κ3) is 4.00. The van der Waals surface area contributed by atoms with Crippen molar-refractivity contribution in [2.75, 3.05) is 19.1 Å². The lowest BCUT2D eigenvalue weighted by Crippen LogP contribution is -2.24. The Morgan fingerprint density at radius 1 is 1.00 bits per heavy atom. The van der Waals surface area contributed by atoms with Crippen molar-refractivity contribution in [2.45, 2.75) is 6.92 Å². The summed E-state index contributed by atoms with van der Waals surface area (Å²) >= 11 is 0. The number of anilines is 1. The van der Waals surface area contributed by atoms with Crippen LogP contribution in [0.3, 0.4) is 0 Å². The highest BCUT2D eigenvalue weighted by Gasteiger charge is 2.15. The molecule has 0 N–H and O–H groups in total. The molecule has 0 bridgehead atoms. The molecule has 0 fully saturated rings. The van der Waals surface area contributed by atoms with E-state index in [1.807, 2.05) is 36.4 Å². The molecule has 2 heterocycles. The fourth-order valence-corrected chi connectivity index (χ4v) is 2.60. The zero-order valence-corrected chi connectivity index (χ0v) is 15.3. The zero-order chi connectivity index (χ0) is 19.4. The number of amides is 1. The van der Waals surface area contributed by atoms with Gasteiger partial charge in [0.25, 0.3) is 0 Å². The number of esters is 1. The molecule has 6 heteroatoms. The van der Waals surface area contributed by atoms with E-state index in [4.69, 9.17) is 4.74 Å². The summed E-state index contributed by atoms with van der Waals surface area (Å²) in [6, 6.07) is 14.8. The highest BCUT2D eigenvalue weighted by atomic mass is 16.5. The molecule has 1 amide bonds. The predicted octanol–water partition coefficient (Wildman–Crippen LogP) is 3.58. The standard InChI is InChI=1S/C21H19N3O3/c1-14(25)24(2)20-12-18(21(26)27-3)11-19(23-20)16-8-6-15(7-9-16)17-5-4-10-22-13-17/h4-13H,1-3H3. The van der Waals surface area contributed by atoms with Crippen LogP contribution in [0.5, 0.6) is 0 Å². The molecular formula is C21H19N3O3. The van der Waals surface area contributed by atoms with Gasteiger partial charge in [-0.3, -0.25) is 9.78 Å². The largest absolute Gasteiger partial charge is 0.465 e. The normalized spacial score (nSPS) is 10.3. The Labute approximate surface area is 157 Å². The Kier molecular flexibility index (Phi) is 5.26. The molecule has 0 saturated heterocycles. The number of carbonyl (C=O) groups is 2. The monoisotopic (exact) mass is 361 g/mol. The van der Waals surface area contributed by atoms with E-state index < -0.39 is 5.97 Å². The molecule has 0 unspecified atom stereocenters. The first kappa shape index (κ1) is 18.3. The van der Waals surface area contributed by atoms with Gasteiger partial charge in [-0.2, -0.15) is 0 Å². The average molecular weight is 361 g/mol. The summed E-state index contributed by atoms with van der Waals surface area (Å²) in [6.07, 6.45) is 3.53. The Morgan fingerprint density at radius 2 is 1.70 bits per heavy atom. The molecule has 0 aliphatic rings. The summed E-state index contributed by atoms with van der Waals surface area (Å²) in [5, 5.41) is 0. The Balaban J connectivity index is 2.03. The van der Waals surface area contributed by atoms with Crippen molar-refractivity contribution in [3.8, 4) is 22.4 Å². The van der Waals surface area contributed by atoms with Gasteiger partial charge >= 0.3 is 5.97 Å². The van der Waals surface area contributed by atoms with Crippen molar-refractivity contribution in [3.63, 3.8) is 0 Å². The number of pyridine rings is 2. The van der Waals surface area contributed by atoms with Gasteiger partial charge in [-0.05, 0) is 29.3 Å². The molecule has 0 spiro atoms. The second-order valence-electron chi connectivity index (χ2n) is 5.99. The molecule has 0 aliphatic carbocycles. The van der Waals surface area contributed by atoms with Crippen LogP contribution in [-0.4, -0.2) is 36.0 Å². The van der Waals surface area contributed by atoms with E-state index in [2.05, 4.69) is 9.97 Å². The van der Waals surface area contributed by atoms with Gasteiger partial charge in [0.15, 0.2) is 0 Å². The molecule has 1 aromatic carbocycles. The third-order valence-electron chi connectivity index (χ3n) is 4.22. The van der Waals surface area contributed by atoms with Crippen molar-refractivity contribution in [1.29, 1.82) is 0 Å². The molecule has 3 aromatic rings. The number of methoxy groups -OCH3 is 1. The predicted molar refractivity (Wildman–Crippen MR) is 103 cm³/mol. The second-order valence-corrected chi connectivity index (χ2v) is 5.99. The van der Waals surface area contributed by atoms with Crippen molar-refractivity contribution >= 4 is 17.7 Å². The van der Waals surface area contributed by atoms with Crippen molar-refractivity contribution < 1.29 is 14.3 Å². The number of rotatable bonds is 4. The van der Waals surface area contributed by atoms with E-state index in [1.165, 1.54) is 18.9 Å². The van der Waals surface area contributed by atoms with Crippen LogP contribution in [0.15, 0.2) is 60.9 Å². The fourth-order valence-electron chi connectivity index (χ4n) is 2.60. The number of nitrogens with zero attached hydrogens (tertiary/aromatic N) is 3. The number of hydrogen-bond acceptors (Lipinski definition) is 5. The van der Waals surface area contributed by atoms with Gasteiger partial charge < -0.3 is 9.64 Å². The first-order valence-corrected chi connectivity index (χ1v) is 8.35. The second kappa shape index (κ2) is 7.78. The summed E-state index contributed by atoms with van der Waals surface area (Å²) in [5.74, 6) is -0.275. The fraction of sp³-hybridized carbons (Fsp3) is 0.143. The molecule has 0 saturated carbocycles. The van der Waals surface area contributed by atoms with Gasteiger partial charge in [-0.1, -0.05) is 30.3 Å². The lowest BCUT2D eigenvalue weighted by molar-refractivity contribution is -0.116. The van der Waals surface area contributed by atoms with Gasteiger partial charge in [0, 0.05) is 31.9 Å². The average Bonchev–Trinajstić information content (AvgIpc) is 2.73. The van der Waals surface area contributed by atoms with Gasteiger partial charge in [0.2, 0.25) is 5.91 Å². The SMILES string of the molecule is COC(=O)c1cc(-c2ccc(-c3cccnc3)cc2)nc(N(C)C(C)=O)c1. The molecule has 0 radical (unpaired) electrons. The number of hydrogen-bond donors (Lipinski definition) is 0. The highest BCUT2D eigenvalue weighted by molar-refractivity contribution is 5.95. The number of ether oxygens (including phenoxy) is 1. The molecule has 6 nitrogen and oxygen atoms in total. The molecule has 136 valence electrons. The number of benzene rings is 1. The summed E-state index contributed by atoms with van der Waals surface area (Å²) in [4.78, 5) is 33.8. The van der Waals surface area contributed by atoms with Crippen LogP contribution in [0.4, 0.5) is 5.82 Å². The minimum Gasteiger partial charge on any atom is -0.465 e. The summed E-state index contributed by atoms with van der Waals surface area (Å²) in [7, 11) is 2.93. The molecule has 2 aromatic heterocycles. The molecule has 27 heavy (non-hydrogen) atoms. The molecule has 0 aliphatic heterocycles. The van der Waals surface area contributed by atoms with Crippen LogP contribution < -0.4 is 4.90 Å². The van der Waals surface area contributed by atoms with Crippen LogP contribution in [0.1, 0.15) is 17.3 Å². The van der Waals surface area contributed by atoms with Gasteiger partial charge in [0.1, 0.15) is 5.82 Å². The Bertz CT molecular complexity index is 970. The lowest BCUT2D eigenvalue weighted by atomic mass is 10.0. The van der Waals surface area contributed by atoms with Crippen molar-refractivity contribution in [3.05, 3.63) is 66.5 Å². The third-order valence-corrected chi connectivity index (χ3v) is 4.22. The lowest BCUT2D eigenvalue weighted by Gasteiger charge is -2.16. The Hall–Kier alpha value is -3.54. The first-order chi connectivity index (χ1) is 13.0. The maximum Gasteiger partial charge on any atom is 0.338 e. The van der Waals surface area contributed by atoms with E-state index in [0.717, 1.165) is 16.7 Å². The van der Waals surface area contributed by atoms with Crippen LogP contribution in [0.25, 0.3) is 22.4 Å². The van der Waals surface area contributed by atoms with Crippen molar-refractivity contribution in [1.82, 2.24) is 9.97 Å². The summed E-state index contributed by atoms with van der Waals surface area (Å²) in [6.45, 7) is 1.44.